The number of thiazole rings is 1. The average molecular weight is 614 g/mol. The van der Waals surface area contributed by atoms with E-state index in [0.29, 0.717) is 20.0 Å². The maximum absolute atomic E-state index is 13.8. The number of rotatable bonds is 7. The maximum atomic E-state index is 13.8. The van der Waals surface area contributed by atoms with Crippen LogP contribution in [-0.2, 0) is 17.4 Å². The molecule has 0 atom stereocenters. The van der Waals surface area contributed by atoms with Gasteiger partial charge in [0.2, 0.25) is 0 Å². The van der Waals surface area contributed by atoms with Crippen LogP contribution in [0, 0.1) is 10.9 Å². The van der Waals surface area contributed by atoms with Gasteiger partial charge in [-0.2, -0.15) is 13.2 Å². The smallest absolute Gasteiger partial charge is 0.416 e. The molecule has 5 aromatic rings. The molecule has 0 saturated heterocycles. The molecule has 2 aromatic heterocycles. The third-order valence-electron chi connectivity index (χ3n) is 6.18. The number of esters is 1. The quantitative estimate of drug-likeness (QED) is 0.0621. The molecule has 0 radical (unpaired) electrons. The van der Waals surface area contributed by atoms with Crippen molar-refractivity contribution in [1.29, 1.82) is 0 Å². The summed E-state index contributed by atoms with van der Waals surface area (Å²) in [6.07, 6.45) is -3.70. The third-order valence-corrected chi connectivity index (χ3v) is 8.45. The number of aryl methyl sites for hydroxylation is 2. The summed E-state index contributed by atoms with van der Waals surface area (Å²) in [5.41, 5.74) is 2.50. The average Bonchev–Trinajstić information content (AvgIpc) is 3.28. The van der Waals surface area contributed by atoms with E-state index in [1.54, 1.807) is 16.7 Å². The predicted octanol–water partition coefficient (Wildman–Crippen LogP) is 7.55. The number of fused-ring (bicyclic) bond motifs is 1. The molecule has 0 saturated carbocycles. The van der Waals surface area contributed by atoms with Crippen molar-refractivity contribution in [3.8, 4) is 17.1 Å². The highest BCUT2D eigenvalue weighted by Crippen LogP contribution is 2.32. The lowest BCUT2D eigenvalue weighted by molar-refractivity contribution is -0.138. The largest absolute Gasteiger partial charge is 0.426 e. The molecule has 0 aliphatic heterocycles. The van der Waals surface area contributed by atoms with Crippen LogP contribution < -0.4 is 10.3 Å². The Morgan fingerprint density at radius 3 is 2.34 bits per heavy atom. The maximum Gasteiger partial charge on any atom is 0.416 e. The summed E-state index contributed by atoms with van der Waals surface area (Å²) in [4.78, 5) is 31.3. The summed E-state index contributed by atoms with van der Waals surface area (Å²) >= 11 is 7.72. The van der Waals surface area contributed by atoms with Crippen LogP contribution in [0.1, 0.15) is 23.6 Å². The van der Waals surface area contributed by atoms with Crippen molar-refractivity contribution in [2.24, 2.45) is 0 Å². The van der Waals surface area contributed by atoms with Gasteiger partial charge in [0.15, 0.2) is 14.8 Å². The van der Waals surface area contributed by atoms with E-state index < -0.39 is 17.7 Å². The molecule has 0 amide bonds. The Labute approximate surface area is 246 Å². The molecule has 5 rings (SSSR count). The number of hydrogen-bond donors (Lipinski definition) is 0. The van der Waals surface area contributed by atoms with E-state index in [4.69, 9.17) is 21.9 Å². The minimum Gasteiger partial charge on any atom is -0.426 e. The zero-order valence-corrected chi connectivity index (χ0v) is 24.2. The zero-order valence-electron chi connectivity index (χ0n) is 21.8. The number of carbonyl (C=O) groups is 1. The summed E-state index contributed by atoms with van der Waals surface area (Å²) in [5.74, 6) is -1.33. The molecule has 41 heavy (non-hydrogen) atoms. The lowest BCUT2D eigenvalue weighted by Crippen LogP contribution is -2.22. The van der Waals surface area contributed by atoms with Gasteiger partial charge in [-0.15, -0.1) is 0 Å². The van der Waals surface area contributed by atoms with E-state index in [-0.39, 0.29) is 22.2 Å². The van der Waals surface area contributed by atoms with Gasteiger partial charge in [-0.25, -0.2) is 4.98 Å². The minimum atomic E-state index is -4.57. The van der Waals surface area contributed by atoms with Crippen LogP contribution >= 0.6 is 35.3 Å². The number of benzene rings is 3. The van der Waals surface area contributed by atoms with Crippen LogP contribution in [0.4, 0.5) is 13.2 Å². The van der Waals surface area contributed by atoms with Crippen LogP contribution in [-0.4, -0.2) is 25.8 Å². The molecule has 0 aliphatic carbocycles. The first-order valence-electron chi connectivity index (χ1n) is 12.4. The first-order chi connectivity index (χ1) is 19.5. The topological polar surface area (TPSA) is 66.1 Å². The Hall–Kier alpha value is -3.74. The highest BCUT2D eigenvalue weighted by atomic mass is 32.2. The molecule has 0 fully saturated rings. The number of hydrogen-bond acceptors (Lipinski definition) is 7. The van der Waals surface area contributed by atoms with Gasteiger partial charge in [-0.05, 0) is 73.6 Å². The van der Waals surface area contributed by atoms with Gasteiger partial charge in [0.1, 0.15) is 10.4 Å². The second-order valence-corrected chi connectivity index (χ2v) is 11.6. The molecule has 0 spiro atoms. The Morgan fingerprint density at radius 2 is 1.68 bits per heavy atom. The van der Waals surface area contributed by atoms with E-state index >= 15 is 0 Å². The normalized spacial score (nSPS) is 11.6. The van der Waals surface area contributed by atoms with Gasteiger partial charge in [0.25, 0.3) is 5.56 Å². The zero-order chi connectivity index (χ0) is 29.3. The molecule has 210 valence electrons. The van der Waals surface area contributed by atoms with Gasteiger partial charge in [0.05, 0.1) is 17.0 Å². The molecule has 2 heterocycles. The lowest BCUT2D eigenvalue weighted by atomic mass is 10.1. The number of carbonyl (C=O) groups excluding carboxylic acids is 1. The minimum absolute atomic E-state index is 0.207. The Bertz CT molecular complexity index is 1860. The van der Waals surface area contributed by atoms with Crippen molar-refractivity contribution in [3.05, 3.63) is 104 Å². The van der Waals surface area contributed by atoms with Crippen molar-refractivity contribution in [3.63, 3.8) is 0 Å². The molecule has 0 aliphatic rings. The van der Waals surface area contributed by atoms with Gasteiger partial charge in [-0.1, -0.05) is 65.9 Å². The van der Waals surface area contributed by atoms with E-state index in [2.05, 4.69) is 6.92 Å². The van der Waals surface area contributed by atoms with E-state index in [1.807, 2.05) is 43.3 Å². The second-order valence-electron chi connectivity index (χ2n) is 9.03. The summed E-state index contributed by atoms with van der Waals surface area (Å²) in [5, 5.41) is 0.207. The van der Waals surface area contributed by atoms with Crippen molar-refractivity contribution < 1.29 is 22.7 Å². The molecular weight excluding hydrogens is 592 g/mol. The summed E-state index contributed by atoms with van der Waals surface area (Å²) in [7, 11) is 0. The fraction of sp³-hybridized carbons (Fsp3) is 0.172. The van der Waals surface area contributed by atoms with Crippen LogP contribution in [0.25, 0.3) is 21.7 Å². The SMILES string of the molecule is CCc1ccc(-n2c(=S)sc3c(=O)n(-c4ccc(C)cc4)c(SCC(=O)Oc4cccc(C(F)(F)F)c4)nc32)cc1. The first kappa shape index (κ1) is 28.8. The number of ether oxygens (including phenoxy) is 1. The number of aromatic nitrogens is 3. The molecular formula is C29H22F3N3O3S3. The van der Waals surface area contributed by atoms with Crippen molar-refractivity contribution in [2.75, 3.05) is 5.75 Å². The Balaban J connectivity index is 1.54. The standard InChI is InChI=1S/C29H22F3N3O3S3/c1-3-18-9-13-20(14-10-18)34-25-24(41-28(34)39)26(37)35(21-11-7-17(2)8-12-21)27(33-25)40-16-23(36)38-22-6-4-5-19(15-22)29(30,31)32/h4-15H,3,16H2,1-2H3. The first-order valence-corrected chi connectivity index (χ1v) is 14.6. The number of nitrogens with zero attached hydrogens (tertiary/aromatic N) is 3. The van der Waals surface area contributed by atoms with Crippen LogP contribution in [0.3, 0.4) is 0 Å². The highest BCUT2D eigenvalue weighted by molar-refractivity contribution is 7.99. The molecule has 12 heteroatoms. The Morgan fingerprint density at radius 1 is 1.02 bits per heavy atom. The van der Waals surface area contributed by atoms with Gasteiger partial charge >= 0.3 is 12.1 Å². The fourth-order valence-corrected chi connectivity index (χ4v) is 6.16. The van der Waals surface area contributed by atoms with Crippen LogP contribution in [0.15, 0.2) is 82.7 Å². The predicted molar refractivity (Wildman–Crippen MR) is 157 cm³/mol. The molecule has 0 bridgehead atoms. The molecule has 6 nitrogen and oxygen atoms in total. The van der Waals surface area contributed by atoms with Crippen molar-refractivity contribution >= 4 is 51.6 Å². The van der Waals surface area contributed by atoms with Crippen molar-refractivity contribution in [1.82, 2.24) is 14.1 Å². The number of thioether (sulfide) groups is 1. The molecule has 3 aromatic carbocycles. The summed E-state index contributed by atoms with van der Waals surface area (Å²) in [6.45, 7) is 3.97. The van der Waals surface area contributed by atoms with Crippen LogP contribution in [0.2, 0.25) is 0 Å². The van der Waals surface area contributed by atoms with E-state index in [9.17, 15) is 22.8 Å². The summed E-state index contributed by atoms with van der Waals surface area (Å²) in [6, 6.07) is 19.1. The van der Waals surface area contributed by atoms with Gasteiger partial charge in [-0.3, -0.25) is 18.7 Å². The molecule has 0 unspecified atom stereocenters. The number of halogens is 3. The van der Waals surface area contributed by atoms with E-state index in [1.165, 1.54) is 10.6 Å². The highest BCUT2D eigenvalue weighted by Gasteiger charge is 2.31. The van der Waals surface area contributed by atoms with Gasteiger partial charge < -0.3 is 4.74 Å². The second kappa shape index (κ2) is 11.6. The fourth-order valence-electron chi connectivity index (χ4n) is 4.08. The monoisotopic (exact) mass is 613 g/mol. The molecule has 0 N–H and O–H groups in total. The van der Waals surface area contributed by atoms with Crippen molar-refractivity contribution in [2.45, 2.75) is 31.6 Å². The summed E-state index contributed by atoms with van der Waals surface area (Å²) < 4.78 is 48.3. The lowest BCUT2D eigenvalue weighted by Gasteiger charge is -2.13. The Kier molecular flexibility index (Phi) is 8.16. The van der Waals surface area contributed by atoms with Gasteiger partial charge in [0, 0.05) is 5.69 Å². The van der Waals surface area contributed by atoms with Crippen LogP contribution in [0.5, 0.6) is 5.75 Å². The number of alkyl halides is 3. The van der Waals surface area contributed by atoms with E-state index in [0.717, 1.165) is 64.5 Å². The third kappa shape index (κ3) is 6.14.